The van der Waals surface area contributed by atoms with E-state index in [1.165, 1.54) is 0 Å². The molecule has 108 heavy (non-hydrogen) atoms. The minimum absolute atomic E-state index is 0.0138. The Labute approximate surface area is 637 Å². The molecule has 0 bridgehead atoms. The van der Waals surface area contributed by atoms with Gasteiger partial charge in [-0.1, -0.05) is 62.3 Å². The van der Waals surface area contributed by atoms with Crippen molar-refractivity contribution in [2.24, 2.45) is 16.2 Å². The van der Waals surface area contributed by atoms with Crippen molar-refractivity contribution in [3.05, 3.63) is 0 Å². The van der Waals surface area contributed by atoms with Gasteiger partial charge in [0.25, 0.3) is 0 Å². The Hall–Kier alpha value is -6.87. The number of hydrogen-bond acceptors (Lipinski definition) is 24. The number of nitrogens with one attached hydrogen (secondary N) is 9. The Kier molecular flexibility index (Phi) is 51.0. The van der Waals surface area contributed by atoms with Crippen LogP contribution in [0.2, 0.25) is 0 Å². The summed E-state index contributed by atoms with van der Waals surface area (Å²) in [6.07, 6.45) is 0.805. The van der Waals surface area contributed by atoms with Crippen molar-refractivity contribution < 1.29 is 139 Å². The Morgan fingerprint density at radius 3 is 0.750 bits per heavy atom. The SMILES string of the molecule is CCC(C)(C)C(=O)NC(CC(=O)NCCOCCC(=O)O)C(=O)NCC[N+](C)(C)CCCS(=O)(=O)[O-].CCC(C)(C)C(=O)NC(CC(=O)NCCOCCC(=O)O)C(=O)NCC[N+](C)(C)CCCS(=O)(=O)[O-].CCC(C)(C)C(=O)NC(CC(=O)NCCOCCC(=O)O)C(=O)NCC[N+](C)(C)CCCS(=O)(=O)[O-]. The predicted octanol–water partition coefficient (Wildman–Crippen LogP) is -2.90. The van der Waals surface area contributed by atoms with Gasteiger partial charge in [0.1, 0.15) is 18.1 Å². The fraction of sp³-hybridized carbons (Fsp3) is 0.818. The molecule has 0 aliphatic rings. The average Bonchev–Trinajstić information content (AvgIpc) is 0.869. The fourth-order valence-corrected chi connectivity index (χ4v) is 10.1. The number of carboxylic acid groups (broad SMARTS) is 3. The molecule has 0 aliphatic carbocycles. The summed E-state index contributed by atoms with van der Waals surface area (Å²) in [6.45, 7) is 19.8. The molecule has 0 aromatic rings. The number of likely N-dealkylation sites (N-methyl/N-ethyl adjacent to an activating group) is 3. The van der Waals surface area contributed by atoms with Crippen molar-refractivity contribution in [3.8, 4) is 0 Å². The first-order chi connectivity index (χ1) is 49.5. The smallest absolute Gasteiger partial charge is 0.305 e. The molecule has 0 saturated heterocycles. The number of nitrogens with zero attached hydrogens (tertiary/aromatic N) is 3. The predicted molar refractivity (Wildman–Crippen MR) is 392 cm³/mol. The largest absolute Gasteiger partial charge is 0.748 e. The average molecular weight is 1620 g/mol. The minimum Gasteiger partial charge on any atom is -0.748 e. The summed E-state index contributed by atoms with van der Waals surface area (Å²) >= 11 is 0. The number of hydrogen-bond donors (Lipinski definition) is 12. The molecule has 0 aromatic carbocycles. The molecule has 0 heterocycles. The summed E-state index contributed by atoms with van der Waals surface area (Å²) in [6, 6.07) is -3.34. The third kappa shape index (κ3) is 58.1. The topological polar surface area (TPSA) is 573 Å². The summed E-state index contributed by atoms with van der Waals surface area (Å²) < 4.78 is 113. The van der Waals surface area contributed by atoms with Crippen LogP contribution in [0.3, 0.4) is 0 Å². The molecule has 9 amide bonds. The fourth-order valence-electron chi connectivity index (χ4n) is 8.67. The highest BCUT2D eigenvalue weighted by atomic mass is 32.2. The second-order valence-electron chi connectivity index (χ2n) is 29.6. The molecule has 3 atom stereocenters. The van der Waals surface area contributed by atoms with Gasteiger partial charge in [0.05, 0.1) is 210 Å². The number of ether oxygens (including phenoxy) is 3. The number of carbonyl (C=O) groups excluding carboxylic acids is 9. The van der Waals surface area contributed by atoms with Crippen LogP contribution in [0.25, 0.3) is 0 Å². The molecular weight excluding hydrogens is 1490 g/mol. The Bertz CT molecular complexity index is 2860. The highest BCUT2D eigenvalue weighted by Gasteiger charge is 2.35. The summed E-state index contributed by atoms with van der Waals surface area (Å²) in [5, 5.41) is 49.5. The van der Waals surface area contributed by atoms with E-state index in [1.807, 2.05) is 63.1 Å². The third-order valence-electron chi connectivity index (χ3n) is 17.1. The van der Waals surface area contributed by atoms with Crippen LogP contribution < -0.4 is 47.9 Å². The van der Waals surface area contributed by atoms with Crippen molar-refractivity contribution >= 4 is 101 Å². The molecule has 0 rings (SSSR count). The molecule has 0 radical (unpaired) electrons. The number of aliphatic carboxylic acids is 3. The molecule has 630 valence electrons. The molecule has 42 heteroatoms. The molecule has 3 unspecified atom stereocenters. The van der Waals surface area contributed by atoms with Gasteiger partial charge in [0.2, 0.25) is 53.2 Å². The van der Waals surface area contributed by atoms with Crippen molar-refractivity contribution in [3.63, 3.8) is 0 Å². The van der Waals surface area contributed by atoms with E-state index in [0.29, 0.717) is 72.0 Å². The molecule has 0 aromatic heterocycles. The van der Waals surface area contributed by atoms with E-state index in [4.69, 9.17) is 29.5 Å². The molecule has 0 aliphatic heterocycles. The van der Waals surface area contributed by atoms with E-state index in [1.54, 1.807) is 41.5 Å². The standard InChI is InChI=1S/3C22H42N4O9S/c3*1-6-22(2,3)21(31)25-17(16-18(27)23-10-14-35-13-8-19(28)29)20(30)24-9-12-26(4,5)11-7-15-36(32,33)34/h3*17H,6-16H2,1-5H3,(H4-,23,24,25,27,28,29,30,31,32,33,34). The molecular formula is C66H126N12O27S3. The lowest BCUT2D eigenvalue weighted by molar-refractivity contribution is -0.889. The van der Waals surface area contributed by atoms with Gasteiger partial charge < -0.3 is 104 Å². The number of carboxylic acids is 3. The van der Waals surface area contributed by atoms with Crippen molar-refractivity contribution in [2.45, 2.75) is 157 Å². The minimum atomic E-state index is -4.28. The van der Waals surface area contributed by atoms with Crippen LogP contribution in [0.5, 0.6) is 0 Å². The van der Waals surface area contributed by atoms with Gasteiger partial charge in [-0.05, 0) is 19.3 Å². The highest BCUT2D eigenvalue weighted by molar-refractivity contribution is 7.86. The summed E-state index contributed by atoms with van der Waals surface area (Å²) in [5.41, 5.74) is -2.23. The maximum atomic E-state index is 12.8. The zero-order valence-corrected chi connectivity index (χ0v) is 68.2. The van der Waals surface area contributed by atoms with Crippen LogP contribution in [0.15, 0.2) is 0 Å². The Morgan fingerprint density at radius 2 is 0.565 bits per heavy atom. The monoisotopic (exact) mass is 1610 g/mol. The number of rotatable bonds is 57. The number of carbonyl (C=O) groups is 12. The zero-order valence-electron chi connectivity index (χ0n) is 65.8. The van der Waals surface area contributed by atoms with E-state index >= 15 is 0 Å². The van der Waals surface area contributed by atoms with Crippen LogP contribution in [-0.4, -0.2) is 335 Å². The first-order valence-corrected chi connectivity index (χ1v) is 40.4. The zero-order chi connectivity index (χ0) is 84.0. The second-order valence-corrected chi connectivity index (χ2v) is 34.2. The Morgan fingerprint density at radius 1 is 0.352 bits per heavy atom. The molecule has 12 N–H and O–H groups in total. The van der Waals surface area contributed by atoms with Crippen molar-refractivity contribution in [1.82, 2.24) is 47.9 Å². The van der Waals surface area contributed by atoms with E-state index in [-0.39, 0.29) is 154 Å². The normalized spacial score (nSPS) is 13.1. The van der Waals surface area contributed by atoms with E-state index in [0.717, 1.165) is 0 Å². The van der Waals surface area contributed by atoms with Gasteiger partial charge in [-0.2, -0.15) is 0 Å². The maximum absolute atomic E-state index is 12.8. The lowest BCUT2D eigenvalue weighted by atomic mass is 9.89. The third-order valence-corrected chi connectivity index (χ3v) is 19.5. The van der Waals surface area contributed by atoms with Gasteiger partial charge in [0.15, 0.2) is 0 Å². The quantitative estimate of drug-likeness (QED) is 0.0165. The van der Waals surface area contributed by atoms with Crippen molar-refractivity contribution in [2.75, 3.05) is 178 Å². The van der Waals surface area contributed by atoms with Crippen LogP contribution >= 0.6 is 0 Å². The van der Waals surface area contributed by atoms with Gasteiger partial charge in [-0.3, -0.25) is 57.5 Å². The van der Waals surface area contributed by atoms with Gasteiger partial charge in [-0.25, -0.2) is 25.3 Å². The van der Waals surface area contributed by atoms with Crippen LogP contribution in [-0.2, 0) is 102 Å². The first-order valence-electron chi connectivity index (χ1n) is 35.7. The molecule has 0 fully saturated rings. The molecule has 0 saturated carbocycles. The lowest BCUT2D eigenvalue weighted by Gasteiger charge is -2.30. The maximum Gasteiger partial charge on any atom is 0.305 e. The van der Waals surface area contributed by atoms with Crippen LogP contribution in [0.4, 0.5) is 0 Å². The Balaban J connectivity index is -0.00000153. The summed E-state index contributed by atoms with van der Waals surface area (Å²) in [7, 11) is -1.86. The highest BCUT2D eigenvalue weighted by Crippen LogP contribution is 2.22. The van der Waals surface area contributed by atoms with E-state index < -0.39 is 135 Å². The second kappa shape index (κ2) is 52.3. The van der Waals surface area contributed by atoms with Crippen LogP contribution in [0.1, 0.15) is 139 Å². The number of quaternary nitrogens is 3. The van der Waals surface area contributed by atoms with Gasteiger partial charge in [0, 0.05) is 72.4 Å². The molecule has 39 nitrogen and oxygen atoms in total. The van der Waals surface area contributed by atoms with Gasteiger partial charge in [-0.15, -0.1) is 0 Å². The van der Waals surface area contributed by atoms with Crippen LogP contribution in [0, 0.1) is 16.2 Å². The van der Waals surface area contributed by atoms with Gasteiger partial charge >= 0.3 is 17.9 Å². The first kappa shape index (κ1) is 105. The lowest BCUT2D eigenvalue weighted by Crippen LogP contribution is -2.54. The van der Waals surface area contributed by atoms with E-state index in [2.05, 4.69) is 47.9 Å². The van der Waals surface area contributed by atoms with E-state index in [9.17, 15) is 96.4 Å². The van der Waals surface area contributed by atoms with Crippen molar-refractivity contribution in [1.29, 1.82) is 0 Å². The molecule has 0 spiro atoms. The summed E-state index contributed by atoms with van der Waals surface area (Å²) in [4.78, 5) is 145. The summed E-state index contributed by atoms with van der Waals surface area (Å²) in [5.74, 6) is -8.51. The number of amides is 9.